The molecule has 2 rings (SSSR count). The maximum atomic E-state index is 13.2. The van der Waals surface area contributed by atoms with Gasteiger partial charge in [0.15, 0.2) is 6.04 Å². The average Bonchev–Trinajstić information content (AvgIpc) is 2.97. The summed E-state index contributed by atoms with van der Waals surface area (Å²) in [4.78, 5) is 24.2. The van der Waals surface area contributed by atoms with Crippen LogP contribution in [0.3, 0.4) is 0 Å². The molecule has 1 atom stereocenters. The van der Waals surface area contributed by atoms with Crippen molar-refractivity contribution in [1.29, 1.82) is 0 Å². The minimum absolute atomic E-state index is 0.119. The van der Waals surface area contributed by atoms with Gasteiger partial charge in [0.2, 0.25) is 0 Å². The molecule has 2 aromatic rings. The van der Waals surface area contributed by atoms with Gasteiger partial charge in [0.05, 0.1) is 24.4 Å². The number of ether oxygens (including phenoxy) is 1. The van der Waals surface area contributed by atoms with Crippen molar-refractivity contribution in [3.8, 4) is 0 Å². The number of halogens is 3. The van der Waals surface area contributed by atoms with Crippen LogP contribution in [-0.4, -0.2) is 29.2 Å². The Labute approximate surface area is 135 Å². The quantitative estimate of drug-likeness (QED) is 0.837. The van der Waals surface area contributed by atoms with E-state index < -0.39 is 35.2 Å². The van der Waals surface area contributed by atoms with Crippen LogP contribution in [0.15, 0.2) is 30.5 Å². The maximum absolute atomic E-state index is 13.2. The summed E-state index contributed by atoms with van der Waals surface area (Å²) in [6.45, 7) is 1.57. The number of hydrogen-bond donors (Lipinski definition) is 2. The molecular formula is C15H14F3N3O3. The lowest BCUT2D eigenvalue weighted by molar-refractivity contribution is -0.144. The number of aromatic nitrogens is 2. The van der Waals surface area contributed by atoms with Gasteiger partial charge in [0, 0.05) is 5.69 Å². The molecule has 0 saturated carbocycles. The van der Waals surface area contributed by atoms with E-state index in [0.717, 1.165) is 19.2 Å². The number of rotatable bonds is 4. The van der Waals surface area contributed by atoms with E-state index in [1.807, 2.05) is 0 Å². The van der Waals surface area contributed by atoms with Crippen LogP contribution < -0.4 is 5.32 Å². The monoisotopic (exact) mass is 341 g/mol. The Bertz CT molecular complexity index is 756. The fraction of sp³-hybridized carbons (Fsp3) is 0.267. The van der Waals surface area contributed by atoms with Gasteiger partial charge in [0.25, 0.3) is 5.91 Å². The number of benzene rings is 1. The molecule has 1 heterocycles. The van der Waals surface area contributed by atoms with Gasteiger partial charge in [-0.1, -0.05) is 18.2 Å². The fourth-order valence-electron chi connectivity index (χ4n) is 2.18. The molecule has 128 valence electrons. The SMILES string of the molecule is COC(=O)[C@@H](NC(=O)c1cn[nH]c1C)c1ccccc1C(F)(F)F. The van der Waals surface area contributed by atoms with Gasteiger partial charge in [-0.15, -0.1) is 0 Å². The topological polar surface area (TPSA) is 84.1 Å². The van der Waals surface area contributed by atoms with E-state index in [2.05, 4.69) is 20.3 Å². The minimum atomic E-state index is -4.68. The number of esters is 1. The number of H-pyrrole nitrogens is 1. The molecule has 2 N–H and O–H groups in total. The van der Waals surface area contributed by atoms with Crippen LogP contribution in [0.1, 0.15) is 33.2 Å². The van der Waals surface area contributed by atoms with E-state index in [1.54, 1.807) is 6.92 Å². The highest BCUT2D eigenvalue weighted by Gasteiger charge is 2.37. The van der Waals surface area contributed by atoms with Crippen molar-refractivity contribution >= 4 is 11.9 Å². The van der Waals surface area contributed by atoms with Gasteiger partial charge >= 0.3 is 12.1 Å². The van der Waals surface area contributed by atoms with Crippen LogP contribution in [0.2, 0.25) is 0 Å². The molecule has 0 aliphatic rings. The minimum Gasteiger partial charge on any atom is -0.467 e. The number of carbonyl (C=O) groups is 2. The molecule has 0 aliphatic heterocycles. The van der Waals surface area contributed by atoms with Crippen LogP contribution in [0.4, 0.5) is 13.2 Å². The number of carbonyl (C=O) groups excluding carboxylic acids is 2. The van der Waals surface area contributed by atoms with Crippen LogP contribution in [0.25, 0.3) is 0 Å². The van der Waals surface area contributed by atoms with Gasteiger partial charge in [-0.3, -0.25) is 9.89 Å². The van der Waals surface area contributed by atoms with E-state index in [0.29, 0.717) is 5.69 Å². The first-order valence-corrected chi connectivity index (χ1v) is 6.80. The van der Waals surface area contributed by atoms with E-state index in [9.17, 15) is 22.8 Å². The van der Waals surface area contributed by atoms with E-state index in [4.69, 9.17) is 0 Å². The lowest BCUT2D eigenvalue weighted by Gasteiger charge is -2.20. The maximum Gasteiger partial charge on any atom is 0.416 e. The van der Waals surface area contributed by atoms with E-state index in [1.165, 1.54) is 18.3 Å². The first-order valence-electron chi connectivity index (χ1n) is 6.80. The van der Waals surface area contributed by atoms with Crippen molar-refractivity contribution in [3.63, 3.8) is 0 Å². The predicted octanol–water partition coefficient (Wildman–Crippen LogP) is 2.38. The van der Waals surface area contributed by atoms with Crippen molar-refractivity contribution in [3.05, 3.63) is 52.8 Å². The van der Waals surface area contributed by atoms with E-state index >= 15 is 0 Å². The molecule has 0 saturated heterocycles. The Hall–Kier alpha value is -2.84. The molecule has 6 nitrogen and oxygen atoms in total. The highest BCUT2D eigenvalue weighted by Crippen LogP contribution is 2.35. The molecule has 0 unspecified atom stereocenters. The zero-order valence-corrected chi connectivity index (χ0v) is 12.8. The molecule has 24 heavy (non-hydrogen) atoms. The normalized spacial score (nSPS) is 12.5. The van der Waals surface area contributed by atoms with Gasteiger partial charge in [-0.2, -0.15) is 18.3 Å². The number of methoxy groups -OCH3 is 1. The lowest BCUT2D eigenvalue weighted by atomic mass is 9.99. The Balaban J connectivity index is 2.43. The molecule has 0 spiro atoms. The van der Waals surface area contributed by atoms with Crippen molar-refractivity contribution in [2.24, 2.45) is 0 Å². The first-order chi connectivity index (χ1) is 11.3. The first kappa shape index (κ1) is 17.5. The molecule has 0 bridgehead atoms. The summed E-state index contributed by atoms with van der Waals surface area (Å²) in [6, 6.07) is 2.89. The third-order valence-corrected chi connectivity index (χ3v) is 3.36. The number of alkyl halides is 3. The molecule has 1 aromatic heterocycles. The summed E-state index contributed by atoms with van der Waals surface area (Å²) in [7, 11) is 1.03. The number of nitrogens with zero attached hydrogens (tertiary/aromatic N) is 1. The van der Waals surface area contributed by atoms with Crippen LogP contribution in [0, 0.1) is 6.92 Å². The standard InChI is InChI=1S/C15H14F3N3O3/c1-8-10(7-19-21-8)13(22)20-12(14(23)24-2)9-5-3-4-6-11(9)15(16,17)18/h3-7,12H,1-2H3,(H,19,21)(H,20,22)/t12-/m0/s1. The molecular weight excluding hydrogens is 327 g/mol. The Morgan fingerprint density at radius 3 is 2.50 bits per heavy atom. The van der Waals surface area contributed by atoms with Gasteiger partial charge in [0.1, 0.15) is 0 Å². The summed E-state index contributed by atoms with van der Waals surface area (Å²) in [5.41, 5.74) is -0.885. The zero-order chi connectivity index (χ0) is 17.9. The zero-order valence-electron chi connectivity index (χ0n) is 12.8. The third-order valence-electron chi connectivity index (χ3n) is 3.36. The highest BCUT2D eigenvalue weighted by atomic mass is 19.4. The largest absolute Gasteiger partial charge is 0.467 e. The van der Waals surface area contributed by atoms with Crippen LogP contribution >= 0.6 is 0 Å². The predicted molar refractivity (Wildman–Crippen MR) is 77.0 cm³/mol. The second-order valence-corrected chi connectivity index (χ2v) is 4.92. The molecule has 9 heteroatoms. The van der Waals surface area contributed by atoms with Crippen molar-refractivity contribution in [2.75, 3.05) is 7.11 Å². The summed E-state index contributed by atoms with van der Waals surface area (Å²) in [5.74, 6) is -1.75. The number of amides is 1. The number of nitrogens with one attached hydrogen (secondary N) is 2. The van der Waals surface area contributed by atoms with Gasteiger partial charge in [-0.05, 0) is 18.6 Å². The summed E-state index contributed by atoms with van der Waals surface area (Å²) < 4.78 is 44.1. The average molecular weight is 341 g/mol. The third kappa shape index (κ3) is 3.55. The molecule has 0 aliphatic carbocycles. The van der Waals surface area contributed by atoms with Gasteiger partial charge in [-0.25, -0.2) is 4.79 Å². The highest BCUT2D eigenvalue weighted by molar-refractivity contribution is 5.97. The fourth-order valence-corrected chi connectivity index (χ4v) is 2.18. The second kappa shape index (κ2) is 6.73. The molecule has 1 aromatic carbocycles. The van der Waals surface area contributed by atoms with Crippen molar-refractivity contribution in [2.45, 2.75) is 19.1 Å². The van der Waals surface area contributed by atoms with E-state index in [-0.39, 0.29) is 5.56 Å². The van der Waals surface area contributed by atoms with Crippen molar-refractivity contribution < 1.29 is 27.5 Å². The molecule has 1 amide bonds. The summed E-state index contributed by atoms with van der Waals surface area (Å²) >= 11 is 0. The van der Waals surface area contributed by atoms with Crippen LogP contribution in [-0.2, 0) is 15.7 Å². The number of aryl methyl sites for hydroxylation is 1. The smallest absolute Gasteiger partial charge is 0.416 e. The molecule has 0 radical (unpaired) electrons. The summed E-state index contributed by atoms with van der Waals surface area (Å²) in [5, 5.41) is 8.46. The molecule has 0 fully saturated rings. The number of hydrogen-bond acceptors (Lipinski definition) is 4. The van der Waals surface area contributed by atoms with Crippen LogP contribution in [0.5, 0.6) is 0 Å². The van der Waals surface area contributed by atoms with Crippen molar-refractivity contribution in [1.82, 2.24) is 15.5 Å². The Morgan fingerprint density at radius 2 is 1.96 bits per heavy atom. The second-order valence-electron chi connectivity index (χ2n) is 4.92. The number of aromatic amines is 1. The van der Waals surface area contributed by atoms with Gasteiger partial charge < -0.3 is 10.1 Å². The Kier molecular flexibility index (Phi) is 4.91. The summed E-state index contributed by atoms with van der Waals surface area (Å²) in [6.07, 6.45) is -3.46. The Morgan fingerprint density at radius 1 is 1.29 bits per heavy atom. The lowest BCUT2D eigenvalue weighted by Crippen LogP contribution is -2.36.